The first kappa shape index (κ1) is 15.9. The number of benzene rings is 1. The van der Waals surface area contributed by atoms with Gasteiger partial charge >= 0.3 is 0 Å². The van der Waals surface area contributed by atoms with Crippen LogP contribution in [0.1, 0.15) is 18.5 Å². The van der Waals surface area contributed by atoms with Crippen LogP contribution in [0.5, 0.6) is 5.75 Å². The third-order valence-corrected chi connectivity index (χ3v) is 5.34. The Balaban J connectivity index is 1.59. The van der Waals surface area contributed by atoms with Gasteiger partial charge in [0, 0.05) is 38.4 Å². The van der Waals surface area contributed by atoms with Crippen LogP contribution in [0.25, 0.3) is 0 Å². The Labute approximate surface area is 147 Å². The van der Waals surface area contributed by atoms with Gasteiger partial charge in [-0.05, 0) is 5.56 Å². The summed E-state index contributed by atoms with van der Waals surface area (Å²) in [5, 5.41) is 0. The van der Waals surface area contributed by atoms with Crippen LogP contribution in [0.4, 0.5) is 5.95 Å². The molecule has 1 amide bonds. The van der Waals surface area contributed by atoms with Crippen molar-refractivity contribution in [3.05, 3.63) is 48.3 Å². The lowest BCUT2D eigenvalue weighted by Crippen LogP contribution is -2.34. The van der Waals surface area contributed by atoms with Crippen molar-refractivity contribution in [2.75, 3.05) is 31.6 Å². The Kier molecular flexibility index (Phi) is 4.03. The van der Waals surface area contributed by atoms with E-state index in [9.17, 15) is 4.79 Å². The van der Waals surface area contributed by atoms with Gasteiger partial charge in [0.05, 0.1) is 25.5 Å². The smallest absolute Gasteiger partial charge is 0.225 e. The number of amides is 1. The molecule has 0 N–H and O–H groups in total. The third-order valence-electron chi connectivity index (χ3n) is 5.34. The van der Waals surface area contributed by atoms with Crippen LogP contribution in [0.3, 0.4) is 0 Å². The minimum atomic E-state index is 0.131. The van der Waals surface area contributed by atoms with E-state index in [0.717, 1.165) is 25.6 Å². The number of carbonyl (C=O) groups is 1. The van der Waals surface area contributed by atoms with Crippen LogP contribution in [-0.4, -0.2) is 47.5 Å². The second kappa shape index (κ2) is 6.35. The molecule has 1 aromatic heterocycles. The number of anilines is 1. The number of carbonyl (C=O) groups excluding carboxylic acids is 1. The van der Waals surface area contributed by atoms with Crippen molar-refractivity contribution in [2.24, 2.45) is 11.8 Å². The topological polar surface area (TPSA) is 58.6 Å². The number of aromatic nitrogens is 2. The molecular formula is C19H22N4O2. The van der Waals surface area contributed by atoms with Crippen molar-refractivity contribution < 1.29 is 9.53 Å². The lowest BCUT2D eigenvalue weighted by Gasteiger charge is -2.29. The van der Waals surface area contributed by atoms with E-state index < -0.39 is 0 Å². The Hall–Kier alpha value is -2.63. The molecular weight excluding hydrogens is 316 g/mol. The first-order valence-electron chi connectivity index (χ1n) is 8.60. The van der Waals surface area contributed by atoms with Crippen LogP contribution >= 0.6 is 0 Å². The first-order valence-corrected chi connectivity index (χ1v) is 8.60. The van der Waals surface area contributed by atoms with Crippen molar-refractivity contribution in [3.8, 4) is 5.75 Å². The zero-order chi connectivity index (χ0) is 17.4. The second-order valence-electron chi connectivity index (χ2n) is 6.78. The second-order valence-corrected chi connectivity index (χ2v) is 6.78. The number of hydrogen-bond donors (Lipinski definition) is 0. The Morgan fingerprint density at radius 3 is 2.48 bits per heavy atom. The number of fused-ring (bicyclic) bond motifs is 1. The van der Waals surface area contributed by atoms with E-state index in [-0.39, 0.29) is 11.9 Å². The fourth-order valence-corrected chi connectivity index (χ4v) is 4.19. The third kappa shape index (κ3) is 2.81. The number of methoxy groups -OCH3 is 1. The molecule has 2 aromatic rings. The van der Waals surface area contributed by atoms with Crippen LogP contribution in [-0.2, 0) is 4.79 Å². The van der Waals surface area contributed by atoms with E-state index in [2.05, 4.69) is 27.0 Å². The maximum absolute atomic E-state index is 12.2. The van der Waals surface area contributed by atoms with E-state index in [0.29, 0.717) is 17.6 Å². The van der Waals surface area contributed by atoms with Crippen LogP contribution in [0.15, 0.2) is 42.7 Å². The molecule has 25 heavy (non-hydrogen) atoms. The van der Waals surface area contributed by atoms with Gasteiger partial charge < -0.3 is 14.5 Å². The van der Waals surface area contributed by atoms with Gasteiger partial charge in [-0.1, -0.05) is 30.3 Å². The predicted octanol–water partition coefficient (Wildman–Crippen LogP) is 2.14. The summed E-state index contributed by atoms with van der Waals surface area (Å²) >= 11 is 0. The standard InChI is InChI=1S/C19H22N4O2/c1-13(24)23-11-15-10-22(19-20-8-16(25-2)9-21-19)12-17(15)18(23)14-6-4-3-5-7-14/h3-9,15,17-18H,10-12H2,1-2H3/t15-,17-,18+/m1/s1. The van der Waals surface area contributed by atoms with E-state index >= 15 is 0 Å². The maximum Gasteiger partial charge on any atom is 0.225 e. The largest absolute Gasteiger partial charge is 0.494 e. The molecule has 2 aliphatic heterocycles. The lowest BCUT2D eigenvalue weighted by atomic mass is 9.89. The SMILES string of the molecule is COc1cnc(N2C[C@@H]3CN(C(C)=O)[C@@H](c4ccccc4)[C@@H]3C2)nc1. The Morgan fingerprint density at radius 1 is 1.12 bits per heavy atom. The van der Waals surface area contributed by atoms with Crippen molar-refractivity contribution >= 4 is 11.9 Å². The summed E-state index contributed by atoms with van der Waals surface area (Å²) in [6, 6.07) is 10.5. The molecule has 0 bridgehead atoms. The van der Waals surface area contributed by atoms with Crippen molar-refractivity contribution in [2.45, 2.75) is 13.0 Å². The predicted molar refractivity (Wildman–Crippen MR) is 94.3 cm³/mol. The molecule has 2 saturated heterocycles. The van der Waals surface area contributed by atoms with Gasteiger partial charge in [0.25, 0.3) is 0 Å². The quantitative estimate of drug-likeness (QED) is 0.858. The van der Waals surface area contributed by atoms with Crippen LogP contribution in [0.2, 0.25) is 0 Å². The highest BCUT2D eigenvalue weighted by molar-refractivity contribution is 5.74. The molecule has 6 heteroatoms. The minimum absolute atomic E-state index is 0.131. The van der Waals surface area contributed by atoms with Gasteiger partial charge in [0.1, 0.15) is 0 Å². The number of likely N-dealkylation sites (tertiary alicyclic amines) is 1. The Morgan fingerprint density at radius 2 is 1.84 bits per heavy atom. The highest BCUT2D eigenvalue weighted by Crippen LogP contribution is 2.45. The van der Waals surface area contributed by atoms with Gasteiger partial charge in [-0.15, -0.1) is 0 Å². The van der Waals surface area contributed by atoms with E-state index in [1.165, 1.54) is 5.56 Å². The molecule has 0 spiro atoms. The van der Waals surface area contributed by atoms with Crippen molar-refractivity contribution in [1.29, 1.82) is 0 Å². The molecule has 130 valence electrons. The molecule has 4 rings (SSSR count). The van der Waals surface area contributed by atoms with Crippen LogP contribution in [0, 0.1) is 11.8 Å². The first-order chi connectivity index (χ1) is 12.2. The molecule has 3 atom stereocenters. The molecule has 6 nitrogen and oxygen atoms in total. The van der Waals surface area contributed by atoms with E-state index in [1.54, 1.807) is 26.4 Å². The molecule has 2 fully saturated rings. The van der Waals surface area contributed by atoms with Gasteiger partial charge in [-0.25, -0.2) is 9.97 Å². The maximum atomic E-state index is 12.2. The van der Waals surface area contributed by atoms with E-state index in [1.807, 2.05) is 23.1 Å². The molecule has 1 aromatic carbocycles. The van der Waals surface area contributed by atoms with E-state index in [4.69, 9.17) is 4.74 Å². The lowest BCUT2D eigenvalue weighted by molar-refractivity contribution is -0.130. The highest BCUT2D eigenvalue weighted by Gasteiger charge is 2.48. The molecule has 0 aliphatic carbocycles. The zero-order valence-electron chi connectivity index (χ0n) is 14.5. The number of hydrogen-bond acceptors (Lipinski definition) is 5. The average molecular weight is 338 g/mol. The summed E-state index contributed by atoms with van der Waals surface area (Å²) in [6.45, 7) is 4.21. The number of ether oxygens (including phenoxy) is 1. The summed E-state index contributed by atoms with van der Waals surface area (Å²) in [5.41, 5.74) is 1.21. The minimum Gasteiger partial charge on any atom is -0.494 e. The van der Waals surface area contributed by atoms with Gasteiger partial charge in [0.2, 0.25) is 11.9 Å². The van der Waals surface area contributed by atoms with Gasteiger partial charge in [0.15, 0.2) is 5.75 Å². The Bertz CT molecular complexity index is 750. The van der Waals surface area contributed by atoms with Crippen molar-refractivity contribution in [1.82, 2.24) is 14.9 Å². The summed E-state index contributed by atoms with van der Waals surface area (Å²) in [5.74, 6) is 2.39. The van der Waals surface area contributed by atoms with Crippen molar-refractivity contribution in [3.63, 3.8) is 0 Å². The molecule has 0 saturated carbocycles. The monoisotopic (exact) mass is 338 g/mol. The normalized spacial score (nSPS) is 25.1. The summed E-state index contributed by atoms with van der Waals surface area (Å²) < 4.78 is 5.13. The molecule has 2 aliphatic rings. The number of rotatable bonds is 3. The fraction of sp³-hybridized carbons (Fsp3) is 0.421. The number of nitrogens with zero attached hydrogens (tertiary/aromatic N) is 4. The van der Waals surface area contributed by atoms with Crippen LogP contribution < -0.4 is 9.64 Å². The summed E-state index contributed by atoms with van der Waals surface area (Å²) in [4.78, 5) is 25.2. The van der Waals surface area contributed by atoms with Gasteiger partial charge in [-0.3, -0.25) is 4.79 Å². The van der Waals surface area contributed by atoms with Gasteiger partial charge in [-0.2, -0.15) is 0 Å². The average Bonchev–Trinajstić information content (AvgIpc) is 3.20. The summed E-state index contributed by atoms with van der Waals surface area (Å²) in [6.07, 6.45) is 3.40. The fourth-order valence-electron chi connectivity index (χ4n) is 4.19. The molecule has 0 radical (unpaired) electrons. The summed E-state index contributed by atoms with van der Waals surface area (Å²) in [7, 11) is 1.61. The zero-order valence-corrected chi connectivity index (χ0v) is 14.5. The molecule has 0 unspecified atom stereocenters. The highest BCUT2D eigenvalue weighted by atomic mass is 16.5. The molecule has 3 heterocycles.